The molecular weight excluding hydrogens is 290 g/mol. The molecule has 0 spiro atoms. The number of amides is 1. The van der Waals surface area contributed by atoms with Crippen molar-refractivity contribution in [2.75, 3.05) is 25.0 Å². The molecule has 1 aliphatic rings. The molecule has 1 unspecified atom stereocenters. The summed E-state index contributed by atoms with van der Waals surface area (Å²) in [6, 6.07) is 6.45. The van der Waals surface area contributed by atoms with Gasteiger partial charge in [-0.1, -0.05) is 19.1 Å². The van der Waals surface area contributed by atoms with Crippen LogP contribution in [-0.2, 0) is 14.8 Å². The maximum atomic E-state index is 12.2. The third-order valence-corrected chi connectivity index (χ3v) is 5.04. The van der Waals surface area contributed by atoms with Gasteiger partial charge in [-0.05, 0) is 31.5 Å². The largest absolute Gasteiger partial charge is 0.325 e. The first kappa shape index (κ1) is 15.9. The van der Waals surface area contributed by atoms with Gasteiger partial charge in [-0.25, -0.2) is 13.1 Å². The summed E-state index contributed by atoms with van der Waals surface area (Å²) >= 11 is 0. The average molecular weight is 311 g/mol. The lowest BCUT2D eigenvalue weighted by Crippen LogP contribution is -2.37. The van der Waals surface area contributed by atoms with Gasteiger partial charge in [-0.15, -0.1) is 0 Å². The maximum Gasteiger partial charge on any atom is 0.242 e. The number of rotatable bonds is 5. The topological polar surface area (TPSA) is 87.3 Å². The number of carbonyl (C=O) groups is 1. The number of benzene rings is 1. The number of hydrogen-bond acceptors (Lipinski definition) is 4. The van der Waals surface area contributed by atoms with Gasteiger partial charge in [-0.3, -0.25) is 4.79 Å². The molecule has 1 aromatic rings. The fourth-order valence-electron chi connectivity index (χ4n) is 2.38. The molecule has 1 aromatic carbocycles. The summed E-state index contributed by atoms with van der Waals surface area (Å²) in [6.07, 6.45) is 1.77. The van der Waals surface area contributed by atoms with Crippen molar-refractivity contribution in [3.05, 3.63) is 24.3 Å². The molecule has 7 heteroatoms. The quantitative estimate of drug-likeness (QED) is 0.755. The Morgan fingerprint density at radius 3 is 2.81 bits per heavy atom. The van der Waals surface area contributed by atoms with E-state index in [0.717, 1.165) is 19.4 Å². The zero-order valence-electron chi connectivity index (χ0n) is 12.1. The summed E-state index contributed by atoms with van der Waals surface area (Å²) in [4.78, 5) is 12.3. The summed E-state index contributed by atoms with van der Waals surface area (Å²) in [7, 11) is -3.60. The Balaban J connectivity index is 2.18. The first-order valence-electron chi connectivity index (χ1n) is 7.15. The van der Waals surface area contributed by atoms with Gasteiger partial charge in [-0.2, -0.15) is 0 Å². The van der Waals surface area contributed by atoms with E-state index in [0.29, 0.717) is 18.8 Å². The second kappa shape index (κ2) is 7.02. The highest BCUT2D eigenvalue weighted by Crippen LogP contribution is 2.22. The van der Waals surface area contributed by atoms with Gasteiger partial charge in [0.05, 0.1) is 11.6 Å². The molecule has 1 aliphatic heterocycles. The molecule has 2 rings (SSSR count). The minimum atomic E-state index is -3.60. The molecule has 21 heavy (non-hydrogen) atoms. The zero-order valence-corrected chi connectivity index (χ0v) is 12.9. The molecule has 0 saturated carbocycles. The number of para-hydroxylation sites is 1. The van der Waals surface area contributed by atoms with Crippen molar-refractivity contribution in [2.24, 2.45) is 5.92 Å². The lowest BCUT2D eigenvalue weighted by atomic mass is 9.99. The van der Waals surface area contributed by atoms with Crippen LogP contribution in [0.25, 0.3) is 0 Å². The van der Waals surface area contributed by atoms with Crippen molar-refractivity contribution in [3.63, 3.8) is 0 Å². The summed E-state index contributed by atoms with van der Waals surface area (Å²) in [5, 5.41) is 5.92. The van der Waals surface area contributed by atoms with Crippen LogP contribution < -0.4 is 15.4 Å². The van der Waals surface area contributed by atoms with Crippen LogP contribution in [0.3, 0.4) is 0 Å². The van der Waals surface area contributed by atoms with E-state index in [9.17, 15) is 13.2 Å². The Kier molecular flexibility index (Phi) is 5.33. The standard InChI is InChI=1S/C14H21N3O3S/c1-2-16-21(19,20)13-8-4-3-7-12(13)17-14(18)11-6-5-9-15-10-11/h3-4,7-8,11,15-16H,2,5-6,9-10H2,1H3,(H,17,18). The molecule has 116 valence electrons. The number of sulfonamides is 1. The molecule has 0 bridgehead atoms. The van der Waals surface area contributed by atoms with E-state index in [-0.39, 0.29) is 16.7 Å². The van der Waals surface area contributed by atoms with Gasteiger partial charge in [0.1, 0.15) is 4.90 Å². The molecule has 1 atom stereocenters. The smallest absolute Gasteiger partial charge is 0.242 e. The second-order valence-corrected chi connectivity index (χ2v) is 6.77. The third-order valence-electron chi connectivity index (χ3n) is 3.44. The Labute approximate surface area is 125 Å². The van der Waals surface area contributed by atoms with Gasteiger partial charge in [0, 0.05) is 13.1 Å². The molecule has 1 amide bonds. The molecule has 0 aliphatic carbocycles. The summed E-state index contributed by atoms with van der Waals surface area (Å²) in [5.74, 6) is -0.255. The molecule has 0 radical (unpaired) electrons. The van der Waals surface area contributed by atoms with Crippen molar-refractivity contribution in [1.29, 1.82) is 0 Å². The van der Waals surface area contributed by atoms with E-state index in [1.807, 2.05) is 0 Å². The van der Waals surface area contributed by atoms with E-state index in [2.05, 4.69) is 15.4 Å². The van der Waals surface area contributed by atoms with Crippen LogP contribution in [0.2, 0.25) is 0 Å². The monoisotopic (exact) mass is 311 g/mol. The van der Waals surface area contributed by atoms with Gasteiger partial charge in [0.25, 0.3) is 0 Å². The van der Waals surface area contributed by atoms with Crippen molar-refractivity contribution < 1.29 is 13.2 Å². The molecule has 1 saturated heterocycles. The van der Waals surface area contributed by atoms with E-state index >= 15 is 0 Å². The number of anilines is 1. The van der Waals surface area contributed by atoms with Crippen LogP contribution in [0.4, 0.5) is 5.69 Å². The van der Waals surface area contributed by atoms with E-state index in [1.54, 1.807) is 25.1 Å². The van der Waals surface area contributed by atoms with E-state index in [1.165, 1.54) is 6.07 Å². The lowest BCUT2D eigenvalue weighted by molar-refractivity contribution is -0.120. The molecule has 1 heterocycles. The van der Waals surface area contributed by atoms with Crippen molar-refractivity contribution in [1.82, 2.24) is 10.0 Å². The lowest BCUT2D eigenvalue weighted by Gasteiger charge is -2.22. The van der Waals surface area contributed by atoms with Crippen molar-refractivity contribution in [2.45, 2.75) is 24.7 Å². The predicted octanol–water partition coefficient (Wildman–Crippen LogP) is 0.923. The first-order valence-corrected chi connectivity index (χ1v) is 8.63. The molecule has 1 fully saturated rings. The Morgan fingerprint density at radius 1 is 1.38 bits per heavy atom. The number of hydrogen-bond donors (Lipinski definition) is 3. The maximum absolute atomic E-state index is 12.2. The zero-order chi connectivity index (χ0) is 15.3. The molecule has 3 N–H and O–H groups in total. The highest BCUT2D eigenvalue weighted by molar-refractivity contribution is 7.89. The Hall–Kier alpha value is -1.44. The SMILES string of the molecule is CCNS(=O)(=O)c1ccccc1NC(=O)C1CCCNC1. The predicted molar refractivity (Wildman–Crippen MR) is 81.5 cm³/mol. The molecule has 6 nitrogen and oxygen atoms in total. The van der Waals surface area contributed by atoms with Crippen LogP contribution in [0.15, 0.2) is 29.2 Å². The summed E-state index contributed by atoms with van der Waals surface area (Å²) in [5.41, 5.74) is 0.328. The number of piperidine rings is 1. The Morgan fingerprint density at radius 2 is 2.14 bits per heavy atom. The fraction of sp³-hybridized carbons (Fsp3) is 0.500. The first-order chi connectivity index (χ1) is 10.0. The van der Waals surface area contributed by atoms with Crippen LogP contribution >= 0.6 is 0 Å². The minimum absolute atomic E-state index is 0.101. The number of nitrogens with one attached hydrogen (secondary N) is 3. The van der Waals surface area contributed by atoms with E-state index in [4.69, 9.17) is 0 Å². The molecular formula is C14H21N3O3S. The van der Waals surface area contributed by atoms with Crippen LogP contribution in [0, 0.1) is 5.92 Å². The second-order valence-electron chi connectivity index (χ2n) is 5.03. The molecule has 0 aromatic heterocycles. The highest BCUT2D eigenvalue weighted by atomic mass is 32.2. The van der Waals surface area contributed by atoms with Crippen LogP contribution in [-0.4, -0.2) is 34.0 Å². The average Bonchev–Trinajstić information content (AvgIpc) is 2.48. The van der Waals surface area contributed by atoms with Gasteiger partial charge >= 0.3 is 0 Å². The minimum Gasteiger partial charge on any atom is -0.325 e. The number of carbonyl (C=O) groups excluding carboxylic acids is 1. The summed E-state index contributed by atoms with van der Waals surface area (Å²) in [6.45, 7) is 3.58. The van der Waals surface area contributed by atoms with Crippen molar-refractivity contribution in [3.8, 4) is 0 Å². The fourth-order valence-corrected chi connectivity index (χ4v) is 3.58. The van der Waals surface area contributed by atoms with Gasteiger partial charge in [0.15, 0.2) is 0 Å². The normalized spacial score (nSPS) is 19.2. The van der Waals surface area contributed by atoms with E-state index < -0.39 is 10.0 Å². The van der Waals surface area contributed by atoms with Crippen LogP contribution in [0.5, 0.6) is 0 Å². The van der Waals surface area contributed by atoms with Crippen LogP contribution in [0.1, 0.15) is 19.8 Å². The summed E-state index contributed by atoms with van der Waals surface area (Å²) < 4.78 is 26.7. The Bertz CT molecular complexity index is 595. The van der Waals surface area contributed by atoms with Gasteiger partial charge in [0.2, 0.25) is 15.9 Å². The third kappa shape index (κ3) is 4.03. The van der Waals surface area contributed by atoms with Gasteiger partial charge < -0.3 is 10.6 Å². The van der Waals surface area contributed by atoms with Crippen molar-refractivity contribution >= 4 is 21.6 Å². The highest BCUT2D eigenvalue weighted by Gasteiger charge is 2.23.